The Kier molecular flexibility index (Phi) is 7.70. The SMILES string of the molecule is C[C@@H](c1cccc(OC(=O)NC(C(=O)NC2C(=O)N3C2SC(C)(C)C3C(=O)O)c2ccccc2)c1)N(C)C. The number of rotatable bonds is 8. The zero-order valence-corrected chi connectivity index (χ0v) is 22.7. The minimum absolute atomic E-state index is 0.100. The van der Waals surface area contributed by atoms with Gasteiger partial charge in [0.1, 0.15) is 29.2 Å². The Labute approximate surface area is 225 Å². The van der Waals surface area contributed by atoms with Gasteiger partial charge in [-0.1, -0.05) is 42.5 Å². The van der Waals surface area contributed by atoms with E-state index in [4.69, 9.17) is 4.74 Å². The zero-order chi connectivity index (χ0) is 27.8. The molecule has 0 bridgehead atoms. The molecular weight excluding hydrogens is 508 g/mol. The van der Waals surface area contributed by atoms with Gasteiger partial charge in [-0.05, 0) is 58.1 Å². The highest BCUT2D eigenvalue weighted by Gasteiger charge is 2.64. The Morgan fingerprint density at radius 1 is 1.08 bits per heavy atom. The van der Waals surface area contributed by atoms with Crippen LogP contribution in [0.5, 0.6) is 5.75 Å². The van der Waals surface area contributed by atoms with Crippen molar-refractivity contribution in [1.82, 2.24) is 20.4 Å². The van der Waals surface area contributed by atoms with Gasteiger partial charge >= 0.3 is 12.1 Å². The Balaban J connectivity index is 1.48. The highest BCUT2D eigenvalue weighted by Crippen LogP contribution is 2.50. The molecule has 11 heteroatoms. The average Bonchev–Trinajstić information content (AvgIpc) is 3.13. The highest BCUT2D eigenvalue weighted by atomic mass is 32.2. The molecule has 2 heterocycles. The lowest BCUT2D eigenvalue weighted by Gasteiger charge is -2.43. The van der Waals surface area contributed by atoms with E-state index in [1.807, 2.05) is 32.0 Å². The van der Waals surface area contributed by atoms with E-state index in [1.54, 1.807) is 62.4 Å². The number of carboxylic acids is 1. The molecule has 0 radical (unpaired) electrons. The largest absolute Gasteiger partial charge is 0.480 e. The summed E-state index contributed by atoms with van der Waals surface area (Å²) in [6.07, 6.45) is -0.826. The lowest BCUT2D eigenvalue weighted by molar-refractivity contribution is -0.161. The minimum Gasteiger partial charge on any atom is -0.480 e. The number of fused-ring (bicyclic) bond motifs is 1. The number of carboxylic acid groups (broad SMARTS) is 1. The van der Waals surface area contributed by atoms with E-state index in [-0.39, 0.29) is 6.04 Å². The van der Waals surface area contributed by atoms with Gasteiger partial charge < -0.3 is 30.3 Å². The van der Waals surface area contributed by atoms with Crippen molar-refractivity contribution in [3.63, 3.8) is 0 Å². The number of nitrogens with one attached hydrogen (secondary N) is 2. The highest BCUT2D eigenvalue weighted by molar-refractivity contribution is 8.01. The molecule has 4 rings (SSSR count). The molecule has 5 atom stereocenters. The Morgan fingerprint density at radius 2 is 1.74 bits per heavy atom. The van der Waals surface area contributed by atoms with Crippen molar-refractivity contribution >= 4 is 35.6 Å². The molecule has 10 nitrogen and oxygen atoms in total. The summed E-state index contributed by atoms with van der Waals surface area (Å²) in [6.45, 7) is 5.55. The molecule has 4 unspecified atom stereocenters. The number of ether oxygens (including phenoxy) is 1. The van der Waals surface area contributed by atoms with Crippen molar-refractivity contribution in [2.75, 3.05) is 14.1 Å². The van der Waals surface area contributed by atoms with Crippen LogP contribution in [-0.2, 0) is 14.4 Å². The van der Waals surface area contributed by atoms with Crippen LogP contribution >= 0.6 is 11.8 Å². The third kappa shape index (κ3) is 5.34. The molecule has 3 amide bonds. The summed E-state index contributed by atoms with van der Waals surface area (Å²) in [5.41, 5.74) is 1.46. The van der Waals surface area contributed by atoms with Crippen molar-refractivity contribution in [3.8, 4) is 5.75 Å². The summed E-state index contributed by atoms with van der Waals surface area (Å²) in [7, 11) is 3.90. The fourth-order valence-corrected chi connectivity index (χ4v) is 6.34. The molecule has 3 N–H and O–H groups in total. The summed E-state index contributed by atoms with van der Waals surface area (Å²) in [4.78, 5) is 54.2. The van der Waals surface area contributed by atoms with Crippen LogP contribution < -0.4 is 15.4 Å². The molecule has 0 aromatic heterocycles. The van der Waals surface area contributed by atoms with Crippen LogP contribution in [0, 0.1) is 0 Å². The number of amides is 3. The second-order valence-corrected chi connectivity index (χ2v) is 11.9. The number of nitrogens with zero attached hydrogens (tertiary/aromatic N) is 2. The maximum atomic E-state index is 13.4. The molecular formula is C27H32N4O6S. The van der Waals surface area contributed by atoms with Gasteiger partial charge in [0, 0.05) is 10.8 Å². The predicted octanol–water partition coefficient (Wildman–Crippen LogP) is 2.77. The van der Waals surface area contributed by atoms with Gasteiger partial charge in [-0.15, -0.1) is 11.8 Å². The molecule has 2 fully saturated rings. The topological polar surface area (TPSA) is 128 Å². The molecule has 2 aromatic carbocycles. The third-order valence-corrected chi connectivity index (χ3v) is 8.53. The molecule has 2 aliphatic heterocycles. The summed E-state index contributed by atoms with van der Waals surface area (Å²) in [5, 5.41) is 14.5. The lowest BCUT2D eigenvalue weighted by atomic mass is 9.95. The quantitative estimate of drug-likeness (QED) is 0.436. The van der Waals surface area contributed by atoms with Gasteiger partial charge in [-0.25, -0.2) is 9.59 Å². The van der Waals surface area contributed by atoms with E-state index in [0.717, 1.165) is 5.56 Å². The summed E-state index contributed by atoms with van der Waals surface area (Å²) < 4.78 is 4.78. The number of hydrogen-bond donors (Lipinski definition) is 3. The van der Waals surface area contributed by atoms with Gasteiger partial charge in [0.15, 0.2) is 0 Å². The minimum atomic E-state index is -1.14. The maximum Gasteiger partial charge on any atom is 0.413 e. The Morgan fingerprint density at radius 3 is 2.37 bits per heavy atom. The van der Waals surface area contributed by atoms with Crippen LogP contribution in [0.4, 0.5) is 4.79 Å². The van der Waals surface area contributed by atoms with Crippen molar-refractivity contribution < 1.29 is 29.0 Å². The van der Waals surface area contributed by atoms with Crippen LogP contribution in [0.25, 0.3) is 0 Å². The van der Waals surface area contributed by atoms with E-state index < -0.39 is 52.1 Å². The fraction of sp³-hybridized carbons (Fsp3) is 0.407. The number of thioether (sulfide) groups is 1. The van der Waals surface area contributed by atoms with Gasteiger partial charge in [0.2, 0.25) is 11.8 Å². The van der Waals surface area contributed by atoms with E-state index in [9.17, 15) is 24.3 Å². The number of hydrogen-bond acceptors (Lipinski definition) is 7. The maximum absolute atomic E-state index is 13.4. The Bertz CT molecular complexity index is 1240. The van der Waals surface area contributed by atoms with Gasteiger partial charge in [0.25, 0.3) is 0 Å². The monoisotopic (exact) mass is 540 g/mol. The van der Waals surface area contributed by atoms with E-state index in [1.165, 1.54) is 16.7 Å². The van der Waals surface area contributed by atoms with Crippen molar-refractivity contribution in [3.05, 3.63) is 65.7 Å². The fourth-order valence-electron chi connectivity index (χ4n) is 4.72. The molecule has 0 spiro atoms. The van der Waals surface area contributed by atoms with Crippen molar-refractivity contribution in [2.24, 2.45) is 0 Å². The number of carbonyl (C=O) groups is 4. The van der Waals surface area contributed by atoms with E-state index in [0.29, 0.717) is 11.3 Å². The number of aliphatic carboxylic acids is 1. The van der Waals surface area contributed by atoms with E-state index in [2.05, 4.69) is 10.6 Å². The number of benzene rings is 2. The summed E-state index contributed by atoms with van der Waals surface area (Å²) in [5.74, 6) is -1.82. The first-order valence-electron chi connectivity index (χ1n) is 12.2. The first-order chi connectivity index (χ1) is 17.9. The molecule has 202 valence electrons. The molecule has 2 saturated heterocycles. The van der Waals surface area contributed by atoms with Crippen molar-refractivity contribution in [2.45, 2.75) is 55.1 Å². The molecule has 0 saturated carbocycles. The van der Waals surface area contributed by atoms with Crippen LogP contribution in [0.15, 0.2) is 54.6 Å². The molecule has 0 aliphatic carbocycles. The average molecular weight is 541 g/mol. The molecule has 2 aliphatic rings. The van der Waals surface area contributed by atoms with Crippen LogP contribution in [0.3, 0.4) is 0 Å². The summed E-state index contributed by atoms with van der Waals surface area (Å²) >= 11 is 1.33. The van der Waals surface area contributed by atoms with Gasteiger partial charge in [-0.2, -0.15) is 0 Å². The zero-order valence-electron chi connectivity index (χ0n) is 21.9. The molecule has 38 heavy (non-hydrogen) atoms. The van der Waals surface area contributed by atoms with Crippen LogP contribution in [0.1, 0.15) is 44.0 Å². The Hall–Kier alpha value is -3.57. The summed E-state index contributed by atoms with van der Waals surface area (Å²) in [6, 6.07) is 12.9. The second kappa shape index (κ2) is 10.7. The van der Waals surface area contributed by atoms with Crippen LogP contribution in [0.2, 0.25) is 0 Å². The van der Waals surface area contributed by atoms with Crippen molar-refractivity contribution in [1.29, 1.82) is 0 Å². The number of β-lactam (4-membered cyclic amide) rings is 1. The predicted molar refractivity (Wildman–Crippen MR) is 143 cm³/mol. The normalized spacial score (nSPS) is 23.2. The second-order valence-electron chi connectivity index (χ2n) is 10.2. The van der Waals surface area contributed by atoms with E-state index >= 15 is 0 Å². The van der Waals surface area contributed by atoms with Crippen LogP contribution in [-0.4, -0.2) is 75.1 Å². The lowest BCUT2D eigenvalue weighted by Crippen LogP contribution is -2.71. The third-order valence-electron chi connectivity index (χ3n) is 6.96. The first kappa shape index (κ1) is 27.5. The van der Waals surface area contributed by atoms with Gasteiger partial charge in [0.05, 0.1) is 0 Å². The smallest absolute Gasteiger partial charge is 0.413 e. The number of carbonyl (C=O) groups excluding carboxylic acids is 3. The standard InChI is InChI=1S/C27H32N4O6S/c1-15(30(4)5)17-12-9-13-18(14-17)37-26(36)29-19(16-10-7-6-8-11-16)22(32)28-20-23(33)31-21(25(34)35)27(2,3)38-24(20)31/h6-15,19-21,24H,1-5H3,(H,28,32)(H,29,36)(H,34,35)/t15-,19?,20?,21?,24?/m0/s1. The van der Waals surface area contributed by atoms with Gasteiger partial charge in [-0.3, -0.25) is 9.59 Å². The first-order valence-corrected chi connectivity index (χ1v) is 13.1. The molecule has 2 aromatic rings.